The van der Waals surface area contributed by atoms with Crippen LogP contribution in [0.2, 0.25) is 0 Å². The van der Waals surface area contributed by atoms with Crippen LogP contribution >= 0.6 is 11.8 Å². The lowest BCUT2D eigenvalue weighted by Crippen LogP contribution is -2.45. The molecule has 2 aromatic carbocycles. The van der Waals surface area contributed by atoms with Crippen LogP contribution < -0.4 is 5.32 Å². The predicted molar refractivity (Wildman–Crippen MR) is 119 cm³/mol. The standard InChI is InChI=1S/C24H29FN2O2S/c1-17-13-18(2)15-20(14-17)24(29)27-11-3-5-19(16-27)23(28)26-10-4-12-30-22-8-6-21(25)7-9-22/h6-9,13-15,19H,3-5,10-12,16H2,1-2H3,(H,26,28). The third-order valence-corrected chi connectivity index (χ3v) is 6.35. The van der Waals surface area contributed by atoms with Crippen LogP contribution in [0.1, 0.15) is 40.7 Å². The van der Waals surface area contributed by atoms with Gasteiger partial charge in [0, 0.05) is 30.1 Å². The second-order valence-electron chi connectivity index (χ2n) is 7.91. The Morgan fingerprint density at radius 1 is 1.13 bits per heavy atom. The van der Waals surface area contributed by atoms with Gasteiger partial charge >= 0.3 is 0 Å². The highest BCUT2D eigenvalue weighted by Crippen LogP contribution is 2.21. The van der Waals surface area contributed by atoms with Crippen molar-refractivity contribution in [1.29, 1.82) is 0 Å². The molecule has 1 N–H and O–H groups in total. The second-order valence-corrected chi connectivity index (χ2v) is 9.08. The van der Waals surface area contributed by atoms with E-state index in [0.29, 0.717) is 25.2 Å². The van der Waals surface area contributed by atoms with Crippen LogP contribution in [0.4, 0.5) is 4.39 Å². The minimum Gasteiger partial charge on any atom is -0.356 e. The average Bonchev–Trinajstić information content (AvgIpc) is 2.73. The number of hydrogen-bond acceptors (Lipinski definition) is 3. The van der Waals surface area contributed by atoms with Crippen molar-refractivity contribution in [2.24, 2.45) is 5.92 Å². The molecule has 3 rings (SSSR count). The third-order valence-electron chi connectivity index (χ3n) is 5.25. The van der Waals surface area contributed by atoms with Gasteiger partial charge in [-0.2, -0.15) is 0 Å². The molecule has 0 bridgehead atoms. The van der Waals surface area contributed by atoms with E-state index in [1.807, 2.05) is 30.9 Å². The molecule has 4 nitrogen and oxygen atoms in total. The van der Waals surface area contributed by atoms with Crippen LogP contribution in [0.3, 0.4) is 0 Å². The van der Waals surface area contributed by atoms with Crippen LogP contribution in [0.25, 0.3) is 0 Å². The highest BCUT2D eigenvalue weighted by atomic mass is 32.2. The summed E-state index contributed by atoms with van der Waals surface area (Å²) in [5, 5.41) is 3.02. The zero-order valence-corrected chi connectivity index (χ0v) is 18.4. The summed E-state index contributed by atoms with van der Waals surface area (Å²) in [5.74, 6) is 0.505. The number of thioether (sulfide) groups is 1. The Morgan fingerprint density at radius 3 is 2.53 bits per heavy atom. The minimum atomic E-state index is -0.232. The molecule has 0 radical (unpaired) electrons. The van der Waals surface area contributed by atoms with Gasteiger partial charge in [-0.15, -0.1) is 11.8 Å². The summed E-state index contributed by atoms with van der Waals surface area (Å²) in [6.07, 6.45) is 2.49. The summed E-state index contributed by atoms with van der Waals surface area (Å²) in [6, 6.07) is 12.3. The first kappa shape index (κ1) is 22.3. The number of nitrogens with zero attached hydrogens (tertiary/aromatic N) is 1. The first-order valence-corrected chi connectivity index (χ1v) is 11.4. The van der Waals surface area contributed by atoms with Gasteiger partial charge in [0.1, 0.15) is 5.82 Å². The number of nitrogens with one attached hydrogen (secondary N) is 1. The molecule has 0 saturated carbocycles. The third kappa shape index (κ3) is 6.33. The van der Waals surface area contributed by atoms with E-state index in [1.165, 1.54) is 12.1 Å². The number of carbonyl (C=O) groups is 2. The maximum atomic E-state index is 12.9. The minimum absolute atomic E-state index is 0.00926. The van der Waals surface area contributed by atoms with E-state index in [1.54, 1.807) is 23.9 Å². The monoisotopic (exact) mass is 428 g/mol. The lowest BCUT2D eigenvalue weighted by atomic mass is 9.96. The van der Waals surface area contributed by atoms with E-state index in [9.17, 15) is 14.0 Å². The molecule has 1 saturated heterocycles. The van der Waals surface area contributed by atoms with Gasteiger partial charge in [-0.3, -0.25) is 9.59 Å². The molecule has 1 heterocycles. The molecule has 6 heteroatoms. The Kier molecular flexibility index (Phi) is 7.91. The van der Waals surface area contributed by atoms with E-state index < -0.39 is 0 Å². The summed E-state index contributed by atoms with van der Waals surface area (Å²) in [4.78, 5) is 28.3. The molecule has 1 atom stereocenters. The molecule has 1 aliphatic heterocycles. The van der Waals surface area contributed by atoms with Crippen LogP contribution in [0.5, 0.6) is 0 Å². The molecule has 0 spiro atoms. The van der Waals surface area contributed by atoms with E-state index in [2.05, 4.69) is 11.4 Å². The van der Waals surface area contributed by atoms with Crippen molar-refractivity contribution >= 4 is 23.6 Å². The van der Waals surface area contributed by atoms with Crippen LogP contribution in [-0.4, -0.2) is 42.1 Å². The number of piperidine rings is 1. The fourth-order valence-electron chi connectivity index (χ4n) is 3.81. The fraction of sp³-hybridized carbons (Fsp3) is 0.417. The molecule has 2 amide bonds. The van der Waals surface area contributed by atoms with Crippen LogP contribution in [0.15, 0.2) is 47.4 Å². The summed E-state index contributed by atoms with van der Waals surface area (Å²) in [7, 11) is 0. The molecule has 1 aliphatic rings. The SMILES string of the molecule is Cc1cc(C)cc(C(=O)N2CCCC(C(=O)NCCCSc3ccc(F)cc3)C2)c1. The molecule has 0 aliphatic carbocycles. The number of aryl methyl sites for hydroxylation is 2. The van der Waals surface area contributed by atoms with E-state index >= 15 is 0 Å². The topological polar surface area (TPSA) is 49.4 Å². The van der Waals surface area contributed by atoms with Gasteiger partial charge < -0.3 is 10.2 Å². The number of halogens is 1. The normalized spacial score (nSPS) is 16.4. The smallest absolute Gasteiger partial charge is 0.253 e. The predicted octanol–water partition coefficient (Wildman–Crippen LogP) is 4.59. The van der Waals surface area contributed by atoms with Gasteiger partial charge in [-0.05, 0) is 75.3 Å². The Bertz CT molecular complexity index is 865. The number of likely N-dealkylation sites (tertiary alicyclic amines) is 1. The van der Waals surface area contributed by atoms with Gasteiger partial charge in [0.25, 0.3) is 5.91 Å². The Labute approximate surface area is 182 Å². The first-order valence-electron chi connectivity index (χ1n) is 10.5. The molecule has 0 aromatic heterocycles. The van der Waals surface area contributed by atoms with Crippen molar-refractivity contribution in [3.63, 3.8) is 0 Å². The van der Waals surface area contributed by atoms with Crippen molar-refractivity contribution in [2.45, 2.75) is 38.0 Å². The summed E-state index contributed by atoms with van der Waals surface area (Å²) in [5.41, 5.74) is 2.85. The van der Waals surface area contributed by atoms with E-state index in [4.69, 9.17) is 0 Å². The molecular formula is C24H29FN2O2S. The molecule has 30 heavy (non-hydrogen) atoms. The highest BCUT2D eigenvalue weighted by molar-refractivity contribution is 7.99. The average molecular weight is 429 g/mol. The Balaban J connectivity index is 1.43. The molecule has 2 aromatic rings. The number of rotatable bonds is 7. The number of hydrogen-bond donors (Lipinski definition) is 1. The lowest BCUT2D eigenvalue weighted by Gasteiger charge is -2.32. The van der Waals surface area contributed by atoms with Gasteiger partial charge in [-0.25, -0.2) is 4.39 Å². The molecule has 1 unspecified atom stereocenters. The van der Waals surface area contributed by atoms with Crippen molar-refractivity contribution in [3.05, 3.63) is 65.0 Å². The summed E-state index contributed by atoms with van der Waals surface area (Å²) in [6.45, 7) is 5.76. The quantitative estimate of drug-likeness (QED) is 0.518. The molecule has 1 fully saturated rings. The van der Waals surface area contributed by atoms with Crippen LogP contribution in [0, 0.1) is 25.6 Å². The van der Waals surface area contributed by atoms with E-state index in [-0.39, 0.29) is 23.5 Å². The second kappa shape index (κ2) is 10.6. The highest BCUT2D eigenvalue weighted by Gasteiger charge is 2.28. The zero-order chi connectivity index (χ0) is 21.5. The van der Waals surface area contributed by atoms with Crippen molar-refractivity contribution in [2.75, 3.05) is 25.4 Å². The Morgan fingerprint density at radius 2 is 1.83 bits per heavy atom. The van der Waals surface area contributed by atoms with Crippen molar-refractivity contribution in [3.8, 4) is 0 Å². The fourth-order valence-corrected chi connectivity index (χ4v) is 4.66. The van der Waals surface area contributed by atoms with Gasteiger partial charge in [-0.1, -0.05) is 17.2 Å². The number of benzene rings is 2. The molecular weight excluding hydrogens is 399 g/mol. The van der Waals surface area contributed by atoms with Crippen LogP contribution in [-0.2, 0) is 4.79 Å². The summed E-state index contributed by atoms with van der Waals surface area (Å²) >= 11 is 1.65. The Hall–Kier alpha value is -2.34. The largest absolute Gasteiger partial charge is 0.356 e. The van der Waals surface area contributed by atoms with Gasteiger partial charge in [0.2, 0.25) is 5.91 Å². The lowest BCUT2D eigenvalue weighted by molar-refractivity contribution is -0.126. The van der Waals surface area contributed by atoms with Crippen molar-refractivity contribution < 1.29 is 14.0 Å². The number of carbonyl (C=O) groups excluding carboxylic acids is 2. The van der Waals surface area contributed by atoms with E-state index in [0.717, 1.165) is 41.0 Å². The maximum absolute atomic E-state index is 12.9. The molecule has 160 valence electrons. The van der Waals surface area contributed by atoms with Gasteiger partial charge in [0.05, 0.1) is 5.92 Å². The van der Waals surface area contributed by atoms with Crippen molar-refractivity contribution in [1.82, 2.24) is 10.2 Å². The first-order chi connectivity index (χ1) is 14.4. The number of amides is 2. The van der Waals surface area contributed by atoms with Gasteiger partial charge in [0.15, 0.2) is 0 Å². The maximum Gasteiger partial charge on any atom is 0.253 e. The summed E-state index contributed by atoms with van der Waals surface area (Å²) < 4.78 is 12.9. The zero-order valence-electron chi connectivity index (χ0n) is 17.6.